The number of sulfonamides is 1. The predicted octanol–water partition coefficient (Wildman–Crippen LogP) is 3.30. The summed E-state index contributed by atoms with van der Waals surface area (Å²) in [6.45, 7) is 2.23. The third kappa shape index (κ3) is 3.70. The molecule has 1 aliphatic heterocycles. The van der Waals surface area contributed by atoms with Crippen molar-refractivity contribution in [2.45, 2.75) is 18.3 Å². The molecule has 0 radical (unpaired) electrons. The topological polar surface area (TPSA) is 71.3 Å². The first-order valence-electron chi connectivity index (χ1n) is 10.7. The molecule has 7 nitrogen and oxygen atoms in total. The molecule has 168 valence electrons. The first-order valence-corrected chi connectivity index (χ1v) is 13.0. The van der Waals surface area contributed by atoms with Crippen LogP contribution in [-0.4, -0.2) is 59.9 Å². The lowest BCUT2D eigenvalue weighted by Gasteiger charge is -2.34. The summed E-state index contributed by atoms with van der Waals surface area (Å²) in [5, 5.41) is 9.68. The molecule has 32 heavy (non-hydrogen) atoms. The van der Waals surface area contributed by atoms with Gasteiger partial charge >= 0.3 is 0 Å². The molecule has 0 bridgehead atoms. The van der Waals surface area contributed by atoms with Gasteiger partial charge in [0.25, 0.3) is 0 Å². The zero-order valence-electron chi connectivity index (χ0n) is 18.2. The second-order valence-corrected chi connectivity index (χ2v) is 11.1. The first-order chi connectivity index (χ1) is 15.3. The summed E-state index contributed by atoms with van der Waals surface area (Å²) in [7, 11) is -1.15. The Morgan fingerprint density at radius 2 is 1.66 bits per heavy atom. The lowest BCUT2D eigenvalue weighted by Crippen LogP contribution is -2.48. The maximum Gasteiger partial charge on any atom is 0.211 e. The number of hydrogen-bond acceptors (Lipinski definition) is 5. The molecule has 5 rings (SSSR count). The van der Waals surface area contributed by atoms with Gasteiger partial charge in [-0.3, -0.25) is 0 Å². The minimum atomic E-state index is -3.15. The van der Waals surface area contributed by atoms with Crippen LogP contribution in [-0.2, 0) is 22.5 Å². The van der Waals surface area contributed by atoms with Gasteiger partial charge in [-0.05, 0) is 36.6 Å². The number of rotatable bonds is 5. The maximum atomic E-state index is 11.8. The van der Waals surface area contributed by atoms with Gasteiger partial charge in [0.1, 0.15) is 5.82 Å². The van der Waals surface area contributed by atoms with E-state index >= 15 is 0 Å². The molecular weight excluding hydrogens is 446 g/mol. The summed E-state index contributed by atoms with van der Waals surface area (Å²) >= 11 is 6.70. The number of piperazine rings is 1. The molecule has 2 heterocycles. The molecule has 0 atom stereocenters. The largest absolute Gasteiger partial charge is 0.369 e. The van der Waals surface area contributed by atoms with Gasteiger partial charge in [-0.2, -0.15) is 4.31 Å². The number of halogens is 1. The summed E-state index contributed by atoms with van der Waals surface area (Å²) < 4.78 is 27.1. The second kappa shape index (κ2) is 7.86. The predicted molar refractivity (Wildman–Crippen MR) is 127 cm³/mol. The third-order valence-electron chi connectivity index (χ3n) is 6.65. The van der Waals surface area contributed by atoms with E-state index in [1.165, 1.54) is 16.1 Å². The fraction of sp³-hybridized carbons (Fsp3) is 0.391. The molecule has 0 unspecified atom stereocenters. The molecule has 2 aliphatic rings. The Bertz CT molecular complexity index is 1250. The van der Waals surface area contributed by atoms with Crippen molar-refractivity contribution in [1.29, 1.82) is 0 Å². The van der Waals surface area contributed by atoms with Gasteiger partial charge in [0.05, 0.1) is 16.7 Å². The van der Waals surface area contributed by atoms with Crippen LogP contribution in [0.2, 0.25) is 5.02 Å². The minimum Gasteiger partial charge on any atom is -0.369 e. The minimum absolute atomic E-state index is 0.0625. The van der Waals surface area contributed by atoms with Gasteiger partial charge in [0.15, 0.2) is 5.82 Å². The molecule has 0 amide bonds. The van der Waals surface area contributed by atoms with Crippen molar-refractivity contribution < 1.29 is 8.42 Å². The number of hydrogen-bond donors (Lipinski definition) is 0. The third-order valence-corrected chi connectivity index (χ3v) is 8.26. The van der Waals surface area contributed by atoms with Crippen LogP contribution in [0.3, 0.4) is 0 Å². The highest BCUT2D eigenvalue weighted by molar-refractivity contribution is 7.88. The van der Waals surface area contributed by atoms with Crippen LogP contribution in [0.1, 0.15) is 24.2 Å². The van der Waals surface area contributed by atoms with Gasteiger partial charge in [0.2, 0.25) is 10.0 Å². The van der Waals surface area contributed by atoms with Crippen LogP contribution in [0.5, 0.6) is 0 Å². The fourth-order valence-electron chi connectivity index (χ4n) is 4.66. The van der Waals surface area contributed by atoms with E-state index in [9.17, 15) is 8.42 Å². The molecular formula is C23H26ClN5O2S. The average molecular weight is 472 g/mol. The molecule has 1 aromatic heterocycles. The Balaban J connectivity index is 1.39. The summed E-state index contributed by atoms with van der Waals surface area (Å²) in [4.78, 5) is 2.16. The van der Waals surface area contributed by atoms with Crippen molar-refractivity contribution >= 4 is 27.3 Å². The Kier molecular flexibility index (Phi) is 5.27. The molecule has 1 saturated carbocycles. The van der Waals surface area contributed by atoms with E-state index in [4.69, 9.17) is 11.6 Å². The van der Waals surface area contributed by atoms with Crippen LogP contribution in [0.25, 0.3) is 11.4 Å². The zero-order chi connectivity index (χ0) is 22.5. The van der Waals surface area contributed by atoms with Crippen molar-refractivity contribution in [3.63, 3.8) is 0 Å². The summed E-state index contributed by atoms with van der Waals surface area (Å²) in [5.74, 6) is 1.72. The molecule has 1 aliphatic carbocycles. The van der Waals surface area contributed by atoms with E-state index in [1.54, 1.807) is 0 Å². The van der Waals surface area contributed by atoms with Crippen LogP contribution >= 0.6 is 11.6 Å². The van der Waals surface area contributed by atoms with Crippen LogP contribution < -0.4 is 4.90 Å². The Labute approximate surface area is 193 Å². The normalized spacial score (nSPS) is 18.7. The van der Waals surface area contributed by atoms with Crippen LogP contribution in [0, 0.1) is 0 Å². The van der Waals surface area contributed by atoms with E-state index in [2.05, 4.69) is 43.9 Å². The van der Waals surface area contributed by atoms with Crippen molar-refractivity contribution in [2.75, 3.05) is 37.3 Å². The highest BCUT2D eigenvalue weighted by Gasteiger charge is 2.49. The Hall–Kier alpha value is -2.42. The van der Waals surface area contributed by atoms with Gasteiger partial charge in [-0.15, -0.1) is 10.2 Å². The van der Waals surface area contributed by atoms with Gasteiger partial charge in [-0.25, -0.2) is 8.42 Å². The zero-order valence-corrected chi connectivity index (χ0v) is 19.8. The number of nitrogens with zero attached hydrogens (tertiary/aromatic N) is 5. The molecule has 3 aromatic rings. The standard InChI is InChI=1S/C23H26ClN5O2S/c1-27-21(25-26-22(27)23(10-11-23)17-6-4-3-5-7-17)19-9-8-18(16-20(19)24)28-12-14-29(15-13-28)32(2,30)31/h3-9,16H,10-15H2,1-2H3. The van der Waals surface area contributed by atoms with E-state index in [0.29, 0.717) is 31.2 Å². The summed E-state index contributed by atoms with van der Waals surface area (Å²) in [6, 6.07) is 16.4. The maximum absolute atomic E-state index is 11.8. The Morgan fingerprint density at radius 1 is 0.969 bits per heavy atom. The fourth-order valence-corrected chi connectivity index (χ4v) is 5.75. The second-order valence-electron chi connectivity index (χ2n) is 8.67. The molecule has 9 heteroatoms. The SMILES string of the molecule is Cn1c(-c2ccc(N3CCN(S(C)(=O)=O)CC3)cc2Cl)nnc1C1(c2ccccc2)CC1. The van der Waals surface area contributed by atoms with Crippen LogP contribution in [0.4, 0.5) is 5.69 Å². The average Bonchev–Trinajstić information content (AvgIpc) is 3.50. The lowest BCUT2D eigenvalue weighted by atomic mass is 9.95. The summed E-state index contributed by atoms with van der Waals surface area (Å²) in [5.41, 5.74) is 3.04. The van der Waals surface area contributed by atoms with Gasteiger partial charge in [0, 0.05) is 44.5 Å². The molecule has 0 N–H and O–H groups in total. The van der Waals surface area contributed by atoms with Crippen molar-refractivity contribution in [3.8, 4) is 11.4 Å². The lowest BCUT2D eigenvalue weighted by molar-refractivity contribution is 0.388. The van der Waals surface area contributed by atoms with E-state index < -0.39 is 10.0 Å². The van der Waals surface area contributed by atoms with Crippen molar-refractivity contribution in [1.82, 2.24) is 19.1 Å². The van der Waals surface area contributed by atoms with E-state index in [0.717, 1.165) is 35.7 Å². The van der Waals surface area contributed by atoms with Gasteiger partial charge < -0.3 is 9.47 Å². The smallest absolute Gasteiger partial charge is 0.211 e. The summed E-state index contributed by atoms with van der Waals surface area (Å²) in [6.07, 6.45) is 3.39. The molecule has 2 aromatic carbocycles. The number of anilines is 1. The quantitative estimate of drug-likeness (QED) is 0.571. The van der Waals surface area contributed by atoms with E-state index in [-0.39, 0.29) is 5.41 Å². The molecule has 2 fully saturated rings. The monoisotopic (exact) mass is 471 g/mol. The van der Waals surface area contributed by atoms with Crippen molar-refractivity contribution in [2.24, 2.45) is 7.05 Å². The highest BCUT2D eigenvalue weighted by Crippen LogP contribution is 2.53. The molecule has 0 spiro atoms. The van der Waals surface area contributed by atoms with Crippen molar-refractivity contribution in [3.05, 3.63) is 64.9 Å². The number of aromatic nitrogens is 3. The van der Waals surface area contributed by atoms with Gasteiger partial charge in [-0.1, -0.05) is 41.9 Å². The van der Waals surface area contributed by atoms with E-state index in [1.807, 2.05) is 31.3 Å². The first kappa shape index (κ1) is 21.4. The molecule has 1 saturated heterocycles. The highest BCUT2D eigenvalue weighted by atomic mass is 35.5. The van der Waals surface area contributed by atoms with Crippen LogP contribution in [0.15, 0.2) is 48.5 Å². The Morgan fingerprint density at radius 3 is 2.25 bits per heavy atom. The number of benzene rings is 2.